The van der Waals surface area contributed by atoms with E-state index in [0.717, 1.165) is 30.8 Å². The fourth-order valence-electron chi connectivity index (χ4n) is 7.50. The third-order valence-corrected chi connectivity index (χ3v) is 14.7. The van der Waals surface area contributed by atoms with Crippen LogP contribution >= 0.6 is 11.8 Å². The predicted octanol–water partition coefficient (Wildman–Crippen LogP) is 0.925. The molecule has 5 fully saturated rings. The number of aliphatic imine (C=N–C) groups is 1. The molecule has 2 unspecified atom stereocenters. The molecule has 16 nitrogen and oxygen atoms in total. The van der Waals surface area contributed by atoms with Gasteiger partial charge in [-0.1, -0.05) is 18.9 Å². The number of benzene rings is 1. The van der Waals surface area contributed by atoms with Crippen LogP contribution in [0.3, 0.4) is 0 Å². The summed E-state index contributed by atoms with van der Waals surface area (Å²) in [6.45, 7) is 7.11. The van der Waals surface area contributed by atoms with Crippen molar-refractivity contribution in [3.8, 4) is 11.5 Å². The van der Waals surface area contributed by atoms with E-state index >= 15 is 0 Å². The van der Waals surface area contributed by atoms with Crippen molar-refractivity contribution >= 4 is 57.6 Å². The minimum absolute atomic E-state index is 0.0349. The molecule has 5 aliphatic heterocycles. The van der Waals surface area contributed by atoms with Crippen LogP contribution in [0.1, 0.15) is 63.7 Å². The van der Waals surface area contributed by atoms with E-state index in [9.17, 15) is 32.4 Å². The molecule has 0 radical (unpaired) electrons. The van der Waals surface area contributed by atoms with Crippen molar-refractivity contribution in [2.45, 2.75) is 97.8 Å². The lowest BCUT2D eigenvalue weighted by Gasteiger charge is -2.43. The highest BCUT2D eigenvalue weighted by molar-refractivity contribution is 8.01. The first-order valence-corrected chi connectivity index (χ1v) is 19.2. The van der Waals surface area contributed by atoms with Gasteiger partial charge in [-0.25, -0.2) is 18.0 Å². The number of ether oxygens (including phenoxy) is 4. The molecule has 1 aromatic rings. The largest absolute Gasteiger partial charge is 0.496 e. The van der Waals surface area contributed by atoms with Crippen LogP contribution in [0.25, 0.3) is 0 Å². The molecule has 3 amide bonds. The van der Waals surface area contributed by atoms with Gasteiger partial charge in [-0.3, -0.25) is 19.4 Å². The first-order valence-electron chi connectivity index (χ1n) is 16.8. The number of carbonyl (C=O) groups excluding carboxylic acids is 5. The van der Waals surface area contributed by atoms with Crippen molar-refractivity contribution in [2.75, 3.05) is 34.1 Å². The third kappa shape index (κ3) is 5.97. The Kier molecular flexibility index (Phi) is 9.71. The van der Waals surface area contributed by atoms with Crippen molar-refractivity contribution in [3.63, 3.8) is 0 Å². The van der Waals surface area contributed by atoms with E-state index in [4.69, 9.17) is 18.9 Å². The molecule has 6 atom stereocenters. The molecule has 1 aromatic carbocycles. The molecule has 0 spiro atoms. The lowest BCUT2D eigenvalue weighted by atomic mass is 9.95. The van der Waals surface area contributed by atoms with Crippen molar-refractivity contribution in [1.29, 1.82) is 0 Å². The number of rotatable bonds is 10. The number of hydrogen-bond acceptors (Lipinski definition) is 13. The van der Waals surface area contributed by atoms with Gasteiger partial charge in [0.25, 0.3) is 11.8 Å². The van der Waals surface area contributed by atoms with Gasteiger partial charge in [-0.05, 0) is 52.7 Å². The number of nitrogens with zero attached hydrogens (tertiary/aromatic N) is 4. The second kappa shape index (κ2) is 13.5. The molecule has 0 aromatic heterocycles. The van der Waals surface area contributed by atoms with Gasteiger partial charge < -0.3 is 39.0 Å². The van der Waals surface area contributed by atoms with Gasteiger partial charge in [0.1, 0.15) is 45.3 Å². The van der Waals surface area contributed by atoms with Gasteiger partial charge in [-0.15, -0.1) is 11.8 Å². The Bertz CT molecular complexity index is 1740. The monoisotopic (exact) mass is 749 g/mol. The van der Waals surface area contributed by atoms with Crippen LogP contribution in [-0.4, -0.2) is 138 Å². The molecule has 51 heavy (non-hydrogen) atoms. The summed E-state index contributed by atoms with van der Waals surface area (Å²) in [5.41, 5.74) is -0.0349. The van der Waals surface area contributed by atoms with E-state index in [2.05, 4.69) is 15.2 Å². The van der Waals surface area contributed by atoms with E-state index in [1.54, 1.807) is 12.4 Å². The number of sulfone groups is 1. The maximum Gasteiger partial charge on any atom is 0.333 e. The van der Waals surface area contributed by atoms with Gasteiger partial charge in [0.15, 0.2) is 21.3 Å². The topological polar surface area (TPSA) is 191 Å². The zero-order chi connectivity index (χ0) is 37.0. The first kappa shape index (κ1) is 36.7. The van der Waals surface area contributed by atoms with Crippen LogP contribution in [0.5, 0.6) is 11.5 Å². The first-order chi connectivity index (χ1) is 24.1. The van der Waals surface area contributed by atoms with Crippen LogP contribution in [0, 0.1) is 0 Å². The number of thioether (sulfide) groups is 1. The molecule has 5 aliphatic rings. The fraction of sp³-hybridized carbons (Fsp3) is 0.636. The zero-order valence-corrected chi connectivity index (χ0v) is 31.0. The zero-order valence-electron chi connectivity index (χ0n) is 29.3. The maximum atomic E-state index is 13.7. The Labute approximate surface area is 300 Å². The van der Waals surface area contributed by atoms with Crippen molar-refractivity contribution in [2.24, 2.45) is 4.99 Å². The third-order valence-electron chi connectivity index (χ3n) is 10.3. The van der Waals surface area contributed by atoms with Crippen LogP contribution in [0.2, 0.25) is 0 Å². The number of hydrogen-bond donors (Lipinski definition) is 1. The molecule has 0 bridgehead atoms. The van der Waals surface area contributed by atoms with Crippen molar-refractivity contribution in [3.05, 3.63) is 23.8 Å². The smallest absolute Gasteiger partial charge is 0.333 e. The molecular weight excluding hydrogens is 707 g/mol. The SMILES string of the molecule is COc1cccc(OC)c1C(=O)NC1C(=O)N2[C@@H](C(=O)OCOC(=O)[C@@H]3N4C(=O)C(/N=C/N5CCCCCC5)[C@H]4SC3(C)C)C(C)(C)S(=O)(=O)[C@H]12. The van der Waals surface area contributed by atoms with E-state index < -0.39 is 79.4 Å². The Hall–Kier alpha value is -4.06. The predicted molar refractivity (Wildman–Crippen MR) is 184 cm³/mol. The standard InChI is InChI=1S/C33H43N5O11S2/c1-32(2)23(37-26(40)21(28(37)50-32)34-16-36-14-9-7-8-10-15-36)30(42)48-17-49-31(43)24-33(3,4)51(44,45)29-22(27(41)38(24)29)35-25(39)20-18(46-5)12-11-13-19(20)47-6/h11-13,16,21-24,28-29H,7-10,14-15,17H2,1-6H3,(H,35,39)/b34-16+/t21?,22?,23-,24-,28+,29+/m0/s1. The minimum Gasteiger partial charge on any atom is -0.496 e. The summed E-state index contributed by atoms with van der Waals surface area (Å²) in [4.78, 5) is 75.5. The highest BCUT2D eigenvalue weighted by Gasteiger charge is 2.73. The molecule has 5 heterocycles. The normalized spacial score (nSPS) is 30.0. The van der Waals surface area contributed by atoms with E-state index in [-0.39, 0.29) is 28.3 Å². The number of methoxy groups -OCH3 is 2. The molecule has 278 valence electrons. The average molecular weight is 750 g/mol. The quantitative estimate of drug-likeness (QED) is 0.117. The van der Waals surface area contributed by atoms with E-state index in [0.29, 0.717) is 0 Å². The van der Waals surface area contributed by atoms with Crippen LogP contribution in [0.4, 0.5) is 0 Å². The fourth-order valence-corrected chi connectivity index (χ4v) is 11.3. The number of esters is 2. The molecule has 0 saturated carbocycles. The van der Waals surface area contributed by atoms with Gasteiger partial charge in [0, 0.05) is 17.8 Å². The summed E-state index contributed by atoms with van der Waals surface area (Å²) >= 11 is 1.44. The van der Waals surface area contributed by atoms with Crippen LogP contribution in [-0.2, 0) is 38.5 Å². The molecular formula is C33H43N5O11S2. The lowest BCUT2D eigenvalue weighted by Crippen LogP contribution is -2.72. The Morgan fingerprint density at radius 1 is 0.922 bits per heavy atom. The Morgan fingerprint density at radius 3 is 2.10 bits per heavy atom. The lowest BCUT2D eigenvalue weighted by molar-refractivity contribution is -0.181. The highest BCUT2D eigenvalue weighted by Crippen LogP contribution is 2.52. The van der Waals surface area contributed by atoms with Gasteiger partial charge in [0.05, 0.1) is 20.6 Å². The molecule has 18 heteroatoms. The number of fused-ring (bicyclic) bond motifs is 2. The van der Waals surface area contributed by atoms with Gasteiger partial charge in [0.2, 0.25) is 12.7 Å². The summed E-state index contributed by atoms with van der Waals surface area (Å²) in [6.07, 6.45) is 6.23. The minimum atomic E-state index is -4.24. The summed E-state index contributed by atoms with van der Waals surface area (Å²) in [5, 5.41) is 0.559. The maximum absolute atomic E-state index is 13.7. The van der Waals surface area contributed by atoms with Crippen molar-refractivity contribution < 1.29 is 51.3 Å². The number of nitrogens with one attached hydrogen (secondary N) is 1. The summed E-state index contributed by atoms with van der Waals surface area (Å²) in [7, 11) is -1.56. The average Bonchev–Trinajstić information content (AvgIpc) is 3.24. The van der Waals surface area contributed by atoms with E-state index in [1.807, 2.05) is 13.8 Å². The molecule has 6 rings (SSSR count). The molecule has 5 saturated heterocycles. The van der Waals surface area contributed by atoms with Crippen LogP contribution in [0.15, 0.2) is 23.2 Å². The van der Waals surface area contributed by atoms with Crippen LogP contribution < -0.4 is 14.8 Å². The Morgan fingerprint density at radius 2 is 1.51 bits per heavy atom. The van der Waals surface area contributed by atoms with Gasteiger partial charge in [-0.2, -0.15) is 0 Å². The summed E-state index contributed by atoms with van der Waals surface area (Å²) in [6, 6.07) is -0.0531. The second-order valence-corrected chi connectivity index (χ2v) is 18.5. The number of likely N-dealkylation sites (tertiary alicyclic amines) is 1. The molecule has 1 N–H and O–H groups in total. The van der Waals surface area contributed by atoms with Gasteiger partial charge >= 0.3 is 11.9 Å². The van der Waals surface area contributed by atoms with Crippen molar-refractivity contribution in [1.82, 2.24) is 20.0 Å². The number of amides is 3. The Balaban J connectivity index is 1.08. The summed E-state index contributed by atoms with van der Waals surface area (Å²) in [5.74, 6) is -3.53. The highest BCUT2D eigenvalue weighted by atomic mass is 32.2. The van der Waals surface area contributed by atoms with E-state index in [1.165, 1.54) is 69.7 Å². The number of β-lactam (4-membered cyclic amide) rings is 2. The second-order valence-electron chi connectivity index (χ2n) is 14.1. The number of carbonyl (C=O) groups is 5. The summed E-state index contributed by atoms with van der Waals surface area (Å²) < 4.78 is 45.9. The molecule has 0 aliphatic carbocycles.